The average Bonchev–Trinajstić information content (AvgIpc) is 2.28. The van der Waals surface area contributed by atoms with Crippen LogP contribution in [0.5, 0.6) is 0 Å². The standard InChI is InChI=1S/C10H12F3NO3S/c1-14(5-10(12)13)18(16,17)9-4-8(11)3-2-7(9)6-15/h2-4,10,15H,5-6H2,1H3. The first-order valence-corrected chi connectivity index (χ1v) is 6.37. The Labute approximate surface area is 103 Å². The van der Waals surface area contributed by atoms with E-state index in [4.69, 9.17) is 5.11 Å². The molecule has 0 saturated carbocycles. The van der Waals surface area contributed by atoms with Gasteiger partial charge in [0, 0.05) is 7.05 Å². The number of rotatable bonds is 5. The molecule has 4 nitrogen and oxygen atoms in total. The van der Waals surface area contributed by atoms with Gasteiger partial charge in [-0.15, -0.1) is 0 Å². The Morgan fingerprint density at radius 1 is 1.39 bits per heavy atom. The second-order valence-electron chi connectivity index (χ2n) is 3.59. The van der Waals surface area contributed by atoms with E-state index in [9.17, 15) is 21.6 Å². The summed E-state index contributed by atoms with van der Waals surface area (Å²) >= 11 is 0. The number of benzene rings is 1. The van der Waals surface area contributed by atoms with Crippen LogP contribution in [0.1, 0.15) is 5.56 Å². The first-order chi connectivity index (χ1) is 8.28. The van der Waals surface area contributed by atoms with E-state index >= 15 is 0 Å². The summed E-state index contributed by atoms with van der Waals surface area (Å²) in [7, 11) is -3.28. The zero-order valence-corrected chi connectivity index (χ0v) is 10.3. The van der Waals surface area contributed by atoms with Crippen LogP contribution in [0.2, 0.25) is 0 Å². The fourth-order valence-corrected chi connectivity index (χ4v) is 2.73. The van der Waals surface area contributed by atoms with Crippen molar-refractivity contribution < 1.29 is 26.7 Å². The zero-order chi connectivity index (χ0) is 13.9. The Kier molecular flexibility index (Phi) is 4.71. The molecule has 0 unspecified atom stereocenters. The molecule has 18 heavy (non-hydrogen) atoms. The van der Waals surface area contributed by atoms with Crippen molar-refractivity contribution in [2.24, 2.45) is 0 Å². The highest BCUT2D eigenvalue weighted by molar-refractivity contribution is 7.89. The van der Waals surface area contributed by atoms with Crippen LogP contribution in [0.25, 0.3) is 0 Å². The number of sulfonamides is 1. The summed E-state index contributed by atoms with van der Waals surface area (Å²) in [5.41, 5.74) is -0.0440. The maximum atomic E-state index is 13.0. The van der Waals surface area contributed by atoms with Gasteiger partial charge in [-0.25, -0.2) is 21.6 Å². The van der Waals surface area contributed by atoms with E-state index in [1.807, 2.05) is 0 Å². The first kappa shape index (κ1) is 14.9. The Balaban J connectivity index is 3.23. The van der Waals surface area contributed by atoms with E-state index in [0.29, 0.717) is 10.4 Å². The van der Waals surface area contributed by atoms with Gasteiger partial charge in [-0.1, -0.05) is 6.07 Å². The van der Waals surface area contributed by atoms with E-state index in [2.05, 4.69) is 0 Å². The topological polar surface area (TPSA) is 57.6 Å². The van der Waals surface area contributed by atoms with Gasteiger partial charge in [0.1, 0.15) is 5.82 Å². The van der Waals surface area contributed by atoms with Crippen molar-refractivity contribution in [1.82, 2.24) is 4.31 Å². The molecule has 1 aromatic carbocycles. The van der Waals surface area contributed by atoms with Gasteiger partial charge in [-0.05, 0) is 17.7 Å². The lowest BCUT2D eigenvalue weighted by Crippen LogP contribution is -2.32. The molecule has 1 rings (SSSR count). The highest BCUT2D eigenvalue weighted by Gasteiger charge is 2.26. The Morgan fingerprint density at radius 2 is 2.00 bits per heavy atom. The molecule has 1 aromatic rings. The van der Waals surface area contributed by atoms with Gasteiger partial charge >= 0.3 is 0 Å². The van der Waals surface area contributed by atoms with Crippen LogP contribution in [0.15, 0.2) is 23.1 Å². The van der Waals surface area contributed by atoms with Gasteiger partial charge in [0.2, 0.25) is 10.0 Å². The monoisotopic (exact) mass is 283 g/mol. The summed E-state index contributed by atoms with van der Waals surface area (Å²) in [6.07, 6.45) is -2.84. The number of hydrogen-bond acceptors (Lipinski definition) is 3. The molecule has 0 bridgehead atoms. The molecule has 0 aromatic heterocycles. The van der Waals surface area contributed by atoms with E-state index in [1.54, 1.807) is 0 Å². The van der Waals surface area contributed by atoms with Crippen LogP contribution in [-0.4, -0.2) is 37.8 Å². The highest BCUT2D eigenvalue weighted by atomic mass is 32.2. The number of aliphatic hydroxyl groups is 1. The van der Waals surface area contributed by atoms with Crippen LogP contribution in [0, 0.1) is 5.82 Å². The fourth-order valence-electron chi connectivity index (χ4n) is 1.36. The minimum absolute atomic E-state index is 0.0440. The van der Waals surface area contributed by atoms with E-state index in [1.165, 1.54) is 0 Å². The lowest BCUT2D eigenvalue weighted by atomic mass is 10.2. The molecule has 8 heteroatoms. The molecule has 0 saturated heterocycles. The van der Waals surface area contributed by atoms with Gasteiger partial charge in [-0.3, -0.25) is 0 Å². The maximum absolute atomic E-state index is 13.0. The van der Waals surface area contributed by atoms with Gasteiger partial charge in [-0.2, -0.15) is 4.31 Å². The van der Waals surface area contributed by atoms with Crippen LogP contribution in [0.4, 0.5) is 13.2 Å². The van der Waals surface area contributed by atoms with Gasteiger partial charge < -0.3 is 5.11 Å². The number of nitrogens with zero attached hydrogens (tertiary/aromatic N) is 1. The normalized spacial score (nSPS) is 12.4. The molecule has 0 aliphatic heterocycles. The molecular weight excluding hydrogens is 271 g/mol. The SMILES string of the molecule is CN(CC(F)F)S(=O)(=O)c1cc(F)ccc1CO. The number of aliphatic hydroxyl groups excluding tert-OH is 1. The number of hydrogen-bond donors (Lipinski definition) is 1. The van der Waals surface area contributed by atoms with Crippen molar-refractivity contribution >= 4 is 10.0 Å². The Morgan fingerprint density at radius 3 is 2.50 bits per heavy atom. The molecule has 0 amide bonds. The molecule has 0 fully saturated rings. The van der Waals surface area contributed by atoms with Crippen molar-refractivity contribution in [1.29, 1.82) is 0 Å². The third-order valence-corrected chi connectivity index (χ3v) is 4.19. The average molecular weight is 283 g/mol. The van der Waals surface area contributed by atoms with E-state index in [0.717, 1.165) is 19.2 Å². The second kappa shape index (κ2) is 5.68. The summed E-state index contributed by atoms with van der Waals surface area (Å²) in [5.74, 6) is -0.823. The fraction of sp³-hybridized carbons (Fsp3) is 0.400. The van der Waals surface area contributed by atoms with Crippen LogP contribution in [-0.2, 0) is 16.6 Å². The minimum atomic E-state index is -4.25. The molecule has 0 atom stereocenters. The van der Waals surface area contributed by atoms with Crippen molar-refractivity contribution in [3.63, 3.8) is 0 Å². The van der Waals surface area contributed by atoms with Crippen LogP contribution >= 0.6 is 0 Å². The quantitative estimate of drug-likeness (QED) is 0.883. The lowest BCUT2D eigenvalue weighted by molar-refractivity contribution is 0.126. The first-order valence-electron chi connectivity index (χ1n) is 4.92. The van der Waals surface area contributed by atoms with Gasteiger partial charge in [0.05, 0.1) is 18.0 Å². The van der Waals surface area contributed by atoms with Crippen molar-refractivity contribution in [3.8, 4) is 0 Å². The lowest BCUT2D eigenvalue weighted by Gasteiger charge is -2.18. The second-order valence-corrected chi connectivity index (χ2v) is 5.60. The van der Waals surface area contributed by atoms with Gasteiger partial charge in [0.15, 0.2) is 0 Å². The predicted octanol–water partition coefficient (Wildman–Crippen LogP) is 1.20. The van der Waals surface area contributed by atoms with Crippen molar-refractivity contribution in [2.45, 2.75) is 17.9 Å². The zero-order valence-electron chi connectivity index (χ0n) is 9.48. The summed E-state index contributed by atoms with van der Waals surface area (Å²) in [6, 6.07) is 2.78. The van der Waals surface area contributed by atoms with E-state index in [-0.39, 0.29) is 5.56 Å². The molecule has 0 spiro atoms. The van der Waals surface area contributed by atoms with Crippen molar-refractivity contribution in [3.05, 3.63) is 29.6 Å². The number of halogens is 3. The predicted molar refractivity (Wildman–Crippen MR) is 58.1 cm³/mol. The molecule has 1 N–H and O–H groups in total. The molecule has 0 radical (unpaired) electrons. The van der Waals surface area contributed by atoms with E-state index < -0.39 is 40.3 Å². The third kappa shape index (κ3) is 3.21. The third-order valence-electron chi connectivity index (χ3n) is 2.28. The molecular formula is C10H12F3NO3S. The largest absolute Gasteiger partial charge is 0.392 e. The Hall–Kier alpha value is -1.12. The summed E-state index contributed by atoms with van der Waals surface area (Å²) in [5, 5.41) is 8.98. The summed E-state index contributed by atoms with van der Waals surface area (Å²) in [6.45, 7) is -1.62. The molecule has 0 aliphatic rings. The number of alkyl halides is 2. The van der Waals surface area contributed by atoms with Crippen LogP contribution in [0.3, 0.4) is 0 Å². The Bertz CT molecular complexity index is 519. The molecule has 0 aliphatic carbocycles. The van der Waals surface area contributed by atoms with Crippen molar-refractivity contribution in [2.75, 3.05) is 13.6 Å². The minimum Gasteiger partial charge on any atom is -0.392 e. The maximum Gasteiger partial charge on any atom is 0.252 e. The van der Waals surface area contributed by atoms with Gasteiger partial charge in [0.25, 0.3) is 6.43 Å². The molecule has 0 heterocycles. The smallest absolute Gasteiger partial charge is 0.252 e. The highest BCUT2D eigenvalue weighted by Crippen LogP contribution is 2.21. The summed E-state index contributed by atoms with van der Waals surface area (Å²) in [4.78, 5) is -0.506. The van der Waals surface area contributed by atoms with Crippen LogP contribution < -0.4 is 0 Å². The molecule has 102 valence electrons. The summed E-state index contributed by atoms with van der Waals surface area (Å²) < 4.78 is 61.6.